The van der Waals surface area contributed by atoms with Crippen LogP contribution in [0.2, 0.25) is 0 Å². The highest BCUT2D eigenvalue weighted by Gasteiger charge is 2.67. The summed E-state index contributed by atoms with van der Waals surface area (Å²) in [5.41, 5.74) is 0. The predicted octanol–water partition coefficient (Wildman–Crippen LogP) is 2.59. The number of hydrogen-bond donors (Lipinski definition) is 0. The van der Waals surface area contributed by atoms with Crippen LogP contribution in [0.5, 0.6) is 0 Å². The molecule has 3 fully saturated rings. The van der Waals surface area contributed by atoms with Crippen LogP contribution in [0.15, 0.2) is 9.22 Å². The molecule has 0 radical (unpaired) electrons. The Morgan fingerprint density at radius 2 is 1.86 bits per heavy atom. The molecule has 1 aromatic heterocycles. The molecule has 74 valence electrons. The molecule has 3 saturated carbocycles. The molecule has 3 nitrogen and oxygen atoms in total. The van der Waals surface area contributed by atoms with Gasteiger partial charge in [0.15, 0.2) is 0 Å². The minimum atomic E-state index is 0.532. The molecule has 0 aliphatic heterocycles. The molecule has 0 saturated heterocycles. The number of nitrogens with zero attached hydrogens (tertiary/aromatic N) is 2. The standard InChI is InChI=1S/C10H11BrN2O/c11-10-13-12-9(14-10)8-6-4-1-2-5(3-4)7(6)8/h4-8H,1-3H2. The van der Waals surface area contributed by atoms with Crippen molar-refractivity contribution in [1.82, 2.24) is 10.2 Å². The van der Waals surface area contributed by atoms with Gasteiger partial charge in [0, 0.05) is 21.8 Å². The van der Waals surface area contributed by atoms with E-state index in [1.54, 1.807) is 0 Å². The Labute approximate surface area is 90.4 Å². The van der Waals surface area contributed by atoms with Crippen LogP contribution >= 0.6 is 15.9 Å². The van der Waals surface area contributed by atoms with E-state index in [0.29, 0.717) is 10.7 Å². The minimum absolute atomic E-state index is 0.532. The maximum absolute atomic E-state index is 5.46. The van der Waals surface area contributed by atoms with Crippen LogP contribution in [-0.2, 0) is 0 Å². The first kappa shape index (κ1) is 7.85. The second kappa shape index (κ2) is 2.40. The fraction of sp³-hybridized carbons (Fsp3) is 0.800. The molecule has 3 aliphatic carbocycles. The predicted molar refractivity (Wildman–Crippen MR) is 52.6 cm³/mol. The molecule has 0 N–H and O–H groups in total. The number of rotatable bonds is 1. The summed E-state index contributed by atoms with van der Waals surface area (Å²) in [5, 5.41) is 7.97. The summed E-state index contributed by atoms with van der Waals surface area (Å²) in [6, 6.07) is 0. The van der Waals surface area contributed by atoms with Crippen LogP contribution in [0.1, 0.15) is 31.1 Å². The Bertz CT molecular complexity index is 375. The van der Waals surface area contributed by atoms with Gasteiger partial charge in [-0.05, 0) is 42.9 Å². The van der Waals surface area contributed by atoms with Crippen molar-refractivity contribution in [3.8, 4) is 0 Å². The lowest BCUT2D eigenvalue weighted by atomic mass is 10.0. The third kappa shape index (κ3) is 0.835. The van der Waals surface area contributed by atoms with Crippen molar-refractivity contribution >= 4 is 15.9 Å². The van der Waals surface area contributed by atoms with E-state index >= 15 is 0 Å². The maximum Gasteiger partial charge on any atom is 0.284 e. The molecule has 0 amide bonds. The van der Waals surface area contributed by atoms with Gasteiger partial charge in [-0.25, -0.2) is 0 Å². The first-order valence-corrected chi connectivity index (χ1v) is 6.13. The minimum Gasteiger partial charge on any atom is -0.415 e. The summed E-state index contributed by atoms with van der Waals surface area (Å²) in [7, 11) is 0. The summed E-state index contributed by atoms with van der Waals surface area (Å²) >= 11 is 3.21. The van der Waals surface area contributed by atoms with Gasteiger partial charge in [-0.2, -0.15) is 0 Å². The number of hydrogen-bond acceptors (Lipinski definition) is 3. The third-order valence-electron chi connectivity index (χ3n) is 4.44. The summed E-state index contributed by atoms with van der Waals surface area (Å²) < 4.78 is 5.46. The van der Waals surface area contributed by atoms with Crippen molar-refractivity contribution in [1.29, 1.82) is 0 Å². The van der Waals surface area contributed by atoms with Crippen molar-refractivity contribution in [2.24, 2.45) is 23.7 Å². The van der Waals surface area contributed by atoms with Crippen LogP contribution in [0.4, 0.5) is 0 Å². The van der Waals surface area contributed by atoms with Crippen molar-refractivity contribution < 1.29 is 4.42 Å². The summed E-state index contributed by atoms with van der Waals surface area (Å²) in [6.07, 6.45) is 4.36. The van der Waals surface area contributed by atoms with E-state index in [1.165, 1.54) is 19.3 Å². The highest BCUT2D eigenvalue weighted by molar-refractivity contribution is 9.10. The molecule has 4 rings (SSSR count). The lowest BCUT2D eigenvalue weighted by Gasteiger charge is -2.04. The van der Waals surface area contributed by atoms with Gasteiger partial charge < -0.3 is 4.42 Å². The third-order valence-corrected chi connectivity index (χ3v) is 4.76. The van der Waals surface area contributed by atoms with Crippen LogP contribution in [0.3, 0.4) is 0 Å². The average Bonchev–Trinajstić information content (AvgIpc) is 2.58. The summed E-state index contributed by atoms with van der Waals surface area (Å²) in [5.74, 6) is 5.21. The maximum atomic E-state index is 5.46. The Kier molecular flexibility index (Phi) is 1.35. The van der Waals surface area contributed by atoms with Crippen molar-refractivity contribution in [2.45, 2.75) is 25.2 Å². The fourth-order valence-corrected chi connectivity index (χ4v) is 4.25. The number of aromatic nitrogens is 2. The molecule has 0 aromatic carbocycles. The second-order valence-electron chi connectivity index (χ2n) is 4.91. The SMILES string of the molecule is Brc1nnc(C2C3C4CCC(C4)C23)o1. The summed E-state index contributed by atoms with van der Waals surface area (Å²) in [6.45, 7) is 0. The van der Waals surface area contributed by atoms with Crippen LogP contribution in [0.25, 0.3) is 0 Å². The van der Waals surface area contributed by atoms with E-state index in [4.69, 9.17) is 4.42 Å². The van der Waals surface area contributed by atoms with Gasteiger partial charge >= 0.3 is 0 Å². The van der Waals surface area contributed by atoms with Crippen LogP contribution < -0.4 is 0 Å². The molecule has 1 aromatic rings. The molecular formula is C10H11BrN2O. The van der Waals surface area contributed by atoms with Crippen molar-refractivity contribution in [3.05, 3.63) is 10.7 Å². The van der Waals surface area contributed by atoms with E-state index in [-0.39, 0.29) is 0 Å². The van der Waals surface area contributed by atoms with Gasteiger partial charge in [0.1, 0.15) is 0 Å². The van der Waals surface area contributed by atoms with Gasteiger partial charge in [0.25, 0.3) is 4.80 Å². The first-order chi connectivity index (χ1) is 6.84. The Morgan fingerprint density at radius 3 is 2.43 bits per heavy atom. The number of halogens is 1. The molecule has 4 atom stereocenters. The smallest absolute Gasteiger partial charge is 0.284 e. The lowest BCUT2D eigenvalue weighted by Crippen LogP contribution is -1.97. The largest absolute Gasteiger partial charge is 0.415 e. The molecular weight excluding hydrogens is 244 g/mol. The highest BCUT2D eigenvalue weighted by Crippen LogP contribution is 2.72. The number of fused-ring (bicyclic) bond motifs is 5. The van der Waals surface area contributed by atoms with Crippen molar-refractivity contribution in [3.63, 3.8) is 0 Å². The molecule has 14 heavy (non-hydrogen) atoms. The zero-order valence-corrected chi connectivity index (χ0v) is 9.27. The topological polar surface area (TPSA) is 38.9 Å². The molecule has 4 heteroatoms. The Morgan fingerprint density at radius 1 is 1.14 bits per heavy atom. The lowest BCUT2D eigenvalue weighted by molar-refractivity contribution is 0.421. The van der Waals surface area contributed by atoms with Gasteiger partial charge in [-0.15, -0.1) is 10.2 Å². The van der Waals surface area contributed by atoms with Gasteiger partial charge in [-0.1, -0.05) is 0 Å². The van der Waals surface area contributed by atoms with E-state index in [0.717, 1.165) is 29.6 Å². The van der Waals surface area contributed by atoms with E-state index < -0.39 is 0 Å². The normalized spacial score (nSPS) is 48.2. The van der Waals surface area contributed by atoms with Gasteiger partial charge in [-0.3, -0.25) is 0 Å². The fourth-order valence-electron chi connectivity index (χ4n) is 4.01. The molecule has 0 spiro atoms. The van der Waals surface area contributed by atoms with Gasteiger partial charge in [0.2, 0.25) is 5.89 Å². The zero-order chi connectivity index (χ0) is 9.28. The van der Waals surface area contributed by atoms with Gasteiger partial charge in [0.05, 0.1) is 0 Å². The molecule has 1 heterocycles. The van der Waals surface area contributed by atoms with Crippen LogP contribution in [0, 0.1) is 23.7 Å². The van der Waals surface area contributed by atoms with E-state index in [1.807, 2.05) is 0 Å². The summed E-state index contributed by atoms with van der Waals surface area (Å²) in [4.78, 5) is 0.532. The average molecular weight is 255 g/mol. The highest BCUT2D eigenvalue weighted by atomic mass is 79.9. The van der Waals surface area contributed by atoms with Crippen LogP contribution in [-0.4, -0.2) is 10.2 Å². The Hall–Kier alpha value is -0.380. The van der Waals surface area contributed by atoms with E-state index in [9.17, 15) is 0 Å². The van der Waals surface area contributed by atoms with E-state index in [2.05, 4.69) is 26.1 Å². The van der Waals surface area contributed by atoms with Crippen molar-refractivity contribution in [2.75, 3.05) is 0 Å². The second-order valence-corrected chi connectivity index (χ2v) is 5.59. The molecule has 3 aliphatic rings. The quantitative estimate of drug-likeness (QED) is 0.774. The first-order valence-electron chi connectivity index (χ1n) is 5.33. The Balaban J connectivity index is 1.66. The zero-order valence-electron chi connectivity index (χ0n) is 7.69. The molecule has 4 unspecified atom stereocenters. The monoisotopic (exact) mass is 254 g/mol. The molecule has 2 bridgehead atoms.